The molecule has 0 aliphatic carbocycles. The van der Waals surface area contributed by atoms with Gasteiger partial charge in [0.1, 0.15) is 16.6 Å². The summed E-state index contributed by atoms with van der Waals surface area (Å²) in [5, 5.41) is 15.0. The molecule has 0 aliphatic rings. The van der Waals surface area contributed by atoms with Crippen molar-refractivity contribution in [2.75, 3.05) is 11.6 Å². The van der Waals surface area contributed by atoms with Gasteiger partial charge in [0.05, 0.1) is 0 Å². The summed E-state index contributed by atoms with van der Waals surface area (Å²) in [4.78, 5) is 5.49. The van der Waals surface area contributed by atoms with Crippen molar-refractivity contribution in [3.63, 3.8) is 0 Å². The molecule has 1 aromatic heterocycles. The second kappa shape index (κ2) is 6.41. The monoisotopic (exact) mass is 287 g/mol. The van der Waals surface area contributed by atoms with Crippen molar-refractivity contribution < 1.29 is 0 Å². The highest BCUT2D eigenvalue weighted by molar-refractivity contribution is 7.98. The van der Waals surface area contributed by atoms with Crippen LogP contribution in [0.2, 0.25) is 0 Å². The molecule has 0 aliphatic heterocycles. The van der Waals surface area contributed by atoms with Gasteiger partial charge in [0, 0.05) is 27.9 Å². The highest BCUT2D eigenvalue weighted by atomic mass is 32.2. The maximum Gasteiger partial charge on any atom is 0.135 e. The number of anilines is 1. The molecule has 1 heterocycles. The molecular formula is C14H13N3S2. The Morgan fingerprint density at radius 3 is 3.00 bits per heavy atom. The van der Waals surface area contributed by atoms with Crippen LogP contribution >= 0.6 is 23.1 Å². The molecule has 0 saturated carbocycles. The number of nitrogens with zero attached hydrogens (tertiary/aromatic N) is 2. The fourth-order valence-corrected chi connectivity index (χ4v) is 2.71. The summed E-state index contributed by atoms with van der Waals surface area (Å²) in [6.07, 6.45) is 3.74. The predicted molar refractivity (Wildman–Crippen MR) is 82.3 cm³/mol. The molecule has 19 heavy (non-hydrogen) atoms. The first-order valence-corrected chi connectivity index (χ1v) is 7.76. The first-order chi connectivity index (χ1) is 9.22. The summed E-state index contributed by atoms with van der Waals surface area (Å²) >= 11 is 3.17. The van der Waals surface area contributed by atoms with Crippen molar-refractivity contribution in [1.82, 2.24) is 4.98 Å². The predicted octanol–water partition coefficient (Wildman–Crippen LogP) is 4.15. The number of hydrogen-bond donors (Lipinski definition) is 1. The molecule has 0 radical (unpaired) electrons. The molecule has 0 spiro atoms. The Labute approximate surface area is 121 Å². The SMILES string of the molecule is CSc1cccc(N/C=C(\C#N)c2nc(C)cs2)c1. The van der Waals surface area contributed by atoms with Gasteiger partial charge in [-0.05, 0) is 31.4 Å². The molecule has 1 aromatic carbocycles. The minimum Gasteiger partial charge on any atom is -0.360 e. The molecule has 3 nitrogen and oxygen atoms in total. The summed E-state index contributed by atoms with van der Waals surface area (Å²) in [5.74, 6) is 0. The zero-order valence-electron chi connectivity index (χ0n) is 10.7. The quantitative estimate of drug-likeness (QED) is 0.678. The summed E-state index contributed by atoms with van der Waals surface area (Å²) in [7, 11) is 0. The first-order valence-electron chi connectivity index (χ1n) is 5.66. The lowest BCUT2D eigenvalue weighted by Gasteiger charge is -2.03. The van der Waals surface area contributed by atoms with E-state index in [2.05, 4.69) is 22.4 Å². The van der Waals surface area contributed by atoms with Crippen molar-refractivity contribution in [3.05, 3.63) is 46.5 Å². The zero-order valence-corrected chi connectivity index (χ0v) is 12.3. The van der Waals surface area contributed by atoms with Gasteiger partial charge in [0.15, 0.2) is 0 Å². The van der Waals surface area contributed by atoms with Gasteiger partial charge in [-0.2, -0.15) is 5.26 Å². The number of thioether (sulfide) groups is 1. The van der Waals surface area contributed by atoms with Gasteiger partial charge in [-0.1, -0.05) is 6.07 Å². The lowest BCUT2D eigenvalue weighted by atomic mass is 10.3. The number of allylic oxidation sites excluding steroid dienone is 1. The maximum absolute atomic E-state index is 9.17. The highest BCUT2D eigenvalue weighted by Gasteiger charge is 2.05. The van der Waals surface area contributed by atoms with Crippen molar-refractivity contribution in [2.45, 2.75) is 11.8 Å². The standard InChI is InChI=1S/C14H13N3S2/c1-10-9-19-14(17-10)11(7-15)8-16-12-4-3-5-13(6-12)18-2/h3-6,8-9,16H,1-2H3/b11-8+. The van der Waals surface area contributed by atoms with E-state index in [1.807, 2.05) is 36.8 Å². The van der Waals surface area contributed by atoms with Crippen LogP contribution in [0.3, 0.4) is 0 Å². The maximum atomic E-state index is 9.17. The molecule has 0 bridgehead atoms. The number of thiazole rings is 1. The van der Waals surface area contributed by atoms with Gasteiger partial charge in [-0.15, -0.1) is 23.1 Å². The Bertz CT molecular complexity index is 638. The molecule has 0 unspecified atom stereocenters. The largest absolute Gasteiger partial charge is 0.360 e. The van der Waals surface area contributed by atoms with Gasteiger partial charge >= 0.3 is 0 Å². The Morgan fingerprint density at radius 2 is 2.37 bits per heavy atom. The zero-order chi connectivity index (χ0) is 13.7. The third kappa shape index (κ3) is 3.60. The van der Waals surface area contributed by atoms with Crippen LogP contribution < -0.4 is 5.32 Å². The third-order valence-corrected chi connectivity index (χ3v) is 4.14. The minimum atomic E-state index is 0.549. The van der Waals surface area contributed by atoms with E-state index in [1.54, 1.807) is 18.0 Å². The van der Waals surface area contributed by atoms with Gasteiger partial charge in [0.25, 0.3) is 0 Å². The molecule has 0 fully saturated rings. The average Bonchev–Trinajstić information content (AvgIpc) is 2.86. The van der Waals surface area contributed by atoms with Crippen LogP contribution in [0.5, 0.6) is 0 Å². The van der Waals surface area contributed by atoms with E-state index in [0.717, 1.165) is 16.4 Å². The molecule has 2 aromatic rings. The number of rotatable bonds is 4. The Morgan fingerprint density at radius 1 is 1.53 bits per heavy atom. The van der Waals surface area contributed by atoms with Crippen LogP contribution in [0.4, 0.5) is 5.69 Å². The smallest absolute Gasteiger partial charge is 0.135 e. The lowest BCUT2D eigenvalue weighted by Crippen LogP contribution is -1.91. The van der Waals surface area contributed by atoms with E-state index in [0.29, 0.717) is 5.57 Å². The van der Waals surface area contributed by atoms with Gasteiger partial charge in [0.2, 0.25) is 0 Å². The molecular weight excluding hydrogens is 274 g/mol. The van der Waals surface area contributed by atoms with Gasteiger partial charge in [-0.3, -0.25) is 0 Å². The van der Waals surface area contributed by atoms with E-state index in [4.69, 9.17) is 0 Å². The first kappa shape index (κ1) is 13.7. The molecule has 0 atom stereocenters. The van der Waals surface area contributed by atoms with Crippen LogP contribution in [0.25, 0.3) is 5.57 Å². The number of aromatic nitrogens is 1. The van der Waals surface area contributed by atoms with Gasteiger partial charge in [-0.25, -0.2) is 4.98 Å². The van der Waals surface area contributed by atoms with Crippen molar-refractivity contribution in [2.24, 2.45) is 0 Å². The molecule has 96 valence electrons. The molecule has 1 N–H and O–H groups in total. The van der Waals surface area contributed by atoms with Crippen LogP contribution in [-0.2, 0) is 0 Å². The molecule has 0 saturated heterocycles. The van der Waals surface area contributed by atoms with E-state index in [-0.39, 0.29) is 0 Å². The van der Waals surface area contributed by atoms with Crippen molar-refractivity contribution >= 4 is 34.4 Å². The fraction of sp³-hybridized carbons (Fsp3) is 0.143. The lowest BCUT2D eigenvalue weighted by molar-refractivity contribution is 1.24. The number of hydrogen-bond acceptors (Lipinski definition) is 5. The van der Waals surface area contributed by atoms with Crippen LogP contribution in [0, 0.1) is 18.3 Å². The number of benzene rings is 1. The second-order valence-electron chi connectivity index (χ2n) is 3.84. The minimum absolute atomic E-state index is 0.549. The van der Waals surface area contributed by atoms with Crippen molar-refractivity contribution in [3.8, 4) is 6.07 Å². The normalized spacial score (nSPS) is 11.1. The van der Waals surface area contributed by atoms with Crippen LogP contribution in [0.1, 0.15) is 10.7 Å². The number of nitriles is 1. The Balaban J connectivity index is 2.18. The highest BCUT2D eigenvalue weighted by Crippen LogP contribution is 2.21. The number of aryl methyl sites for hydroxylation is 1. The fourth-order valence-electron chi connectivity index (χ4n) is 1.49. The topological polar surface area (TPSA) is 48.7 Å². The van der Waals surface area contributed by atoms with Gasteiger partial charge < -0.3 is 5.32 Å². The number of nitrogens with one attached hydrogen (secondary N) is 1. The second-order valence-corrected chi connectivity index (χ2v) is 5.58. The van der Waals surface area contributed by atoms with Crippen LogP contribution in [0.15, 0.2) is 40.7 Å². The summed E-state index contributed by atoms with van der Waals surface area (Å²) in [5.41, 5.74) is 2.45. The average molecular weight is 287 g/mol. The Hall–Kier alpha value is -1.77. The summed E-state index contributed by atoms with van der Waals surface area (Å²) < 4.78 is 0. The Kier molecular flexibility index (Phi) is 4.61. The third-order valence-electron chi connectivity index (χ3n) is 2.42. The van der Waals surface area contributed by atoms with E-state index in [9.17, 15) is 5.26 Å². The van der Waals surface area contributed by atoms with E-state index < -0.39 is 0 Å². The molecule has 2 rings (SSSR count). The van der Waals surface area contributed by atoms with Crippen molar-refractivity contribution in [1.29, 1.82) is 5.26 Å². The molecule has 0 amide bonds. The van der Waals surface area contributed by atoms with E-state index in [1.165, 1.54) is 16.2 Å². The summed E-state index contributed by atoms with van der Waals surface area (Å²) in [6.45, 7) is 1.92. The molecule has 5 heteroatoms. The summed E-state index contributed by atoms with van der Waals surface area (Å²) in [6, 6.07) is 10.2. The van der Waals surface area contributed by atoms with Crippen LogP contribution in [-0.4, -0.2) is 11.2 Å². The van der Waals surface area contributed by atoms with E-state index >= 15 is 0 Å².